The summed E-state index contributed by atoms with van der Waals surface area (Å²) < 4.78 is 49.5. The number of nitrogens with zero attached hydrogens (tertiary/aromatic N) is 2. The molecule has 0 aromatic rings. The molecule has 3 aliphatic heterocycles. The molecule has 3 heterocycles. The molecule has 8 nitrogen and oxygen atoms in total. The fourth-order valence-electron chi connectivity index (χ4n) is 3.49. The molecule has 24 heavy (non-hydrogen) atoms. The summed E-state index contributed by atoms with van der Waals surface area (Å²) in [4.78, 5) is 14.0. The lowest BCUT2D eigenvalue weighted by atomic mass is 10.2. The number of hydrogen-bond acceptors (Lipinski definition) is 6. The monoisotopic (exact) mass is 401 g/mol. The van der Waals surface area contributed by atoms with Crippen LogP contribution in [0.25, 0.3) is 0 Å². The second-order valence-corrected chi connectivity index (χ2v) is 10.9. The molecule has 1 amide bonds. The summed E-state index contributed by atoms with van der Waals surface area (Å²) in [6, 6.07) is -0.141. The molecule has 1 N–H and O–H groups in total. The first-order chi connectivity index (χ1) is 10.8. The van der Waals surface area contributed by atoms with Crippen LogP contribution < -0.4 is 5.32 Å². The van der Waals surface area contributed by atoms with Crippen LogP contribution in [0.3, 0.4) is 0 Å². The van der Waals surface area contributed by atoms with Crippen molar-refractivity contribution in [1.82, 2.24) is 14.5 Å². The number of carbonyl (C=O) groups is 1. The first kappa shape index (κ1) is 19.9. The van der Waals surface area contributed by atoms with Gasteiger partial charge in [-0.2, -0.15) is 4.31 Å². The lowest BCUT2D eigenvalue weighted by molar-refractivity contribution is -0.134. The van der Waals surface area contributed by atoms with Crippen LogP contribution in [0.15, 0.2) is 0 Å². The Balaban J connectivity index is 0.00000208. The number of sulfonamides is 1. The number of rotatable bonds is 3. The molecule has 3 saturated heterocycles. The Morgan fingerprint density at radius 1 is 1.08 bits per heavy atom. The maximum Gasteiger partial charge on any atom is 0.239 e. The van der Waals surface area contributed by atoms with E-state index in [2.05, 4.69) is 5.32 Å². The minimum atomic E-state index is -3.60. The Hall–Kier alpha value is -0.420. The van der Waals surface area contributed by atoms with E-state index in [1.54, 1.807) is 4.90 Å². The first-order valence-corrected chi connectivity index (χ1v) is 11.3. The third kappa shape index (κ3) is 4.04. The quantitative estimate of drug-likeness (QED) is 0.638. The van der Waals surface area contributed by atoms with Crippen molar-refractivity contribution in [3.05, 3.63) is 0 Å². The number of sulfone groups is 1. The van der Waals surface area contributed by atoms with Gasteiger partial charge in [-0.05, 0) is 25.8 Å². The number of nitrogens with one attached hydrogen (secondary N) is 1. The summed E-state index contributed by atoms with van der Waals surface area (Å²) in [5.74, 6) is -0.286. The number of hydrogen-bond donors (Lipinski definition) is 1. The lowest BCUT2D eigenvalue weighted by Gasteiger charge is -2.36. The van der Waals surface area contributed by atoms with E-state index in [1.807, 2.05) is 0 Å². The van der Waals surface area contributed by atoms with Crippen molar-refractivity contribution in [1.29, 1.82) is 0 Å². The van der Waals surface area contributed by atoms with E-state index in [0.717, 1.165) is 19.4 Å². The minimum Gasteiger partial charge on any atom is -0.339 e. The van der Waals surface area contributed by atoms with E-state index in [-0.39, 0.29) is 55.4 Å². The van der Waals surface area contributed by atoms with Crippen molar-refractivity contribution in [3.8, 4) is 0 Å². The van der Waals surface area contributed by atoms with Crippen LogP contribution in [0, 0.1) is 0 Å². The predicted octanol–water partition coefficient (Wildman–Crippen LogP) is -1.18. The van der Waals surface area contributed by atoms with Gasteiger partial charge in [-0.25, -0.2) is 16.8 Å². The zero-order valence-corrected chi connectivity index (χ0v) is 15.8. The molecule has 3 fully saturated rings. The average molecular weight is 402 g/mol. The summed E-state index contributed by atoms with van der Waals surface area (Å²) >= 11 is 0. The van der Waals surface area contributed by atoms with Crippen molar-refractivity contribution in [2.24, 2.45) is 0 Å². The van der Waals surface area contributed by atoms with Gasteiger partial charge in [0.1, 0.15) is 0 Å². The van der Waals surface area contributed by atoms with Gasteiger partial charge in [-0.15, -0.1) is 12.4 Å². The molecule has 0 radical (unpaired) electrons. The highest BCUT2D eigenvalue weighted by atomic mass is 35.5. The van der Waals surface area contributed by atoms with Crippen molar-refractivity contribution in [3.63, 3.8) is 0 Å². The van der Waals surface area contributed by atoms with Gasteiger partial charge in [0.25, 0.3) is 0 Å². The van der Waals surface area contributed by atoms with E-state index >= 15 is 0 Å². The Morgan fingerprint density at radius 2 is 1.75 bits per heavy atom. The number of halogens is 1. The zero-order chi connectivity index (χ0) is 16.7. The standard InChI is InChI=1S/C13H23N3O5S2.ClH/c17-13(12-2-1-4-14-12)15-5-7-16(8-6-15)23(20,21)11-3-9-22(18,19)10-11;/h11-12,14H,1-10H2;1H. The molecule has 3 rings (SSSR count). The molecule has 140 valence electrons. The Kier molecular flexibility index (Phi) is 6.17. The van der Waals surface area contributed by atoms with Gasteiger partial charge in [0.05, 0.1) is 22.8 Å². The summed E-state index contributed by atoms with van der Waals surface area (Å²) in [7, 11) is -6.83. The van der Waals surface area contributed by atoms with Gasteiger partial charge in [-0.3, -0.25) is 4.79 Å². The summed E-state index contributed by atoms with van der Waals surface area (Å²) in [5, 5.41) is 2.33. The topological polar surface area (TPSA) is 104 Å². The summed E-state index contributed by atoms with van der Waals surface area (Å²) in [6.45, 7) is 2.08. The van der Waals surface area contributed by atoms with E-state index < -0.39 is 25.1 Å². The highest BCUT2D eigenvalue weighted by molar-refractivity contribution is 7.95. The van der Waals surface area contributed by atoms with Gasteiger partial charge in [0.2, 0.25) is 15.9 Å². The smallest absolute Gasteiger partial charge is 0.239 e. The van der Waals surface area contributed by atoms with Gasteiger partial charge in [0, 0.05) is 26.2 Å². The van der Waals surface area contributed by atoms with Crippen LogP contribution in [-0.4, -0.2) is 87.5 Å². The summed E-state index contributed by atoms with van der Waals surface area (Å²) in [6.07, 6.45) is 1.99. The molecule has 11 heteroatoms. The van der Waals surface area contributed by atoms with Crippen LogP contribution in [0.2, 0.25) is 0 Å². The fraction of sp³-hybridized carbons (Fsp3) is 0.923. The molecule has 2 unspecified atom stereocenters. The average Bonchev–Trinajstić information content (AvgIpc) is 3.16. The van der Waals surface area contributed by atoms with Crippen LogP contribution in [0.4, 0.5) is 0 Å². The third-order valence-corrected chi connectivity index (χ3v) is 9.19. The Bertz CT molecular complexity index is 668. The van der Waals surface area contributed by atoms with Crippen molar-refractivity contribution in [2.45, 2.75) is 30.6 Å². The first-order valence-electron chi connectivity index (χ1n) is 8.01. The second-order valence-electron chi connectivity index (χ2n) is 6.44. The van der Waals surface area contributed by atoms with Crippen molar-refractivity contribution < 1.29 is 21.6 Å². The normalized spacial score (nSPS) is 30.9. The van der Waals surface area contributed by atoms with Crippen LogP contribution in [0.5, 0.6) is 0 Å². The molecule has 2 atom stereocenters. The van der Waals surface area contributed by atoms with E-state index in [1.165, 1.54) is 4.31 Å². The SMILES string of the molecule is Cl.O=C(C1CCCN1)N1CCN(S(=O)(=O)C2CCS(=O)(=O)C2)CC1. The third-order valence-electron chi connectivity index (χ3n) is 4.88. The molecule has 0 bridgehead atoms. The lowest BCUT2D eigenvalue weighted by Crippen LogP contribution is -2.55. The molecule has 0 aromatic heterocycles. The molecular weight excluding hydrogens is 378 g/mol. The highest BCUT2D eigenvalue weighted by Gasteiger charge is 2.42. The number of amides is 1. The summed E-state index contributed by atoms with van der Waals surface area (Å²) in [5.41, 5.74) is 0. The molecule has 3 aliphatic rings. The van der Waals surface area contributed by atoms with Gasteiger partial charge in [0.15, 0.2) is 9.84 Å². The van der Waals surface area contributed by atoms with Crippen LogP contribution in [0.1, 0.15) is 19.3 Å². The van der Waals surface area contributed by atoms with Crippen LogP contribution in [-0.2, 0) is 24.7 Å². The Labute approximate surface area is 149 Å². The van der Waals surface area contributed by atoms with Crippen molar-refractivity contribution in [2.75, 3.05) is 44.2 Å². The predicted molar refractivity (Wildman–Crippen MR) is 92.4 cm³/mol. The fourth-order valence-corrected chi connectivity index (χ4v) is 8.00. The van der Waals surface area contributed by atoms with E-state index in [4.69, 9.17) is 0 Å². The van der Waals surface area contributed by atoms with Crippen LogP contribution >= 0.6 is 12.4 Å². The van der Waals surface area contributed by atoms with Gasteiger partial charge >= 0.3 is 0 Å². The molecule has 0 aliphatic carbocycles. The zero-order valence-electron chi connectivity index (χ0n) is 13.4. The van der Waals surface area contributed by atoms with E-state index in [0.29, 0.717) is 13.1 Å². The largest absolute Gasteiger partial charge is 0.339 e. The van der Waals surface area contributed by atoms with Crippen molar-refractivity contribution >= 4 is 38.2 Å². The van der Waals surface area contributed by atoms with E-state index in [9.17, 15) is 21.6 Å². The number of piperazine rings is 1. The minimum absolute atomic E-state index is 0. The maximum atomic E-state index is 12.6. The maximum absolute atomic E-state index is 12.6. The highest BCUT2D eigenvalue weighted by Crippen LogP contribution is 2.23. The molecule has 0 spiro atoms. The molecular formula is C13H24ClN3O5S2. The Morgan fingerprint density at radius 3 is 2.25 bits per heavy atom. The second kappa shape index (κ2) is 7.45. The van der Waals surface area contributed by atoms with Gasteiger partial charge < -0.3 is 10.2 Å². The van der Waals surface area contributed by atoms with Gasteiger partial charge in [-0.1, -0.05) is 0 Å². The number of carbonyl (C=O) groups excluding carboxylic acids is 1. The molecule has 0 saturated carbocycles. The molecule has 0 aromatic carbocycles.